The number of halogens is 4. The summed E-state index contributed by atoms with van der Waals surface area (Å²) in [4.78, 5) is 0. The highest BCUT2D eigenvalue weighted by molar-refractivity contribution is 9.10. The Bertz CT molecular complexity index is 363. The Kier molecular flexibility index (Phi) is 3.49. The summed E-state index contributed by atoms with van der Waals surface area (Å²) in [6.45, 7) is 0. The lowest BCUT2D eigenvalue weighted by Crippen LogP contribution is -2.10. The van der Waals surface area contributed by atoms with E-state index >= 15 is 0 Å². The zero-order valence-electron chi connectivity index (χ0n) is 7.91. The monoisotopic (exact) mass is 283 g/mol. The molecule has 0 spiro atoms. The first-order valence-electron chi connectivity index (χ1n) is 3.81. The van der Waals surface area contributed by atoms with Gasteiger partial charge in [-0.2, -0.15) is 13.2 Å². The van der Waals surface area contributed by atoms with Gasteiger partial charge in [-0.1, -0.05) is 0 Å². The van der Waals surface area contributed by atoms with Gasteiger partial charge in [0.05, 0.1) is 18.7 Å². The van der Waals surface area contributed by atoms with Crippen LogP contribution in [0.4, 0.5) is 13.2 Å². The van der Waals surface area contributed by atoms with Crippen LogP contribution in [0.15, 0.2) is 10.5 Å². The maximum atomic E-state index is 12.7. The van der Waals surface area contributed by atoms with Gasteiger partial charge < -0.3 is 9.47 Å². The van der Waals surface area contributed by atoms with Crippen molar-refractivity contribution < 1.29 is 22.6 Å². The van der Waals surface area contributed by atoms with Crippen LogP contribution in [0.25, 0.3) is 0 Å². The van der Waals surface area contributed by atoms with Crippen molar-refractivity contribution in [2.24, 2.45) is 0 Å². The Morgan fingerprint density at radius 2 is 1.87 bits per heavy atom. The molecule has 1 aromatic carbocycles. The Morgan fingerprint density at radius 1 is 1.27 bits per heavy atom. The average molecular weight is 284 g/mol. The summed E-state index contributed by atoms with van der Waals surface area (Å²) in [5.41, 5.74) is -0.946. The Hall–Kier alpha value is -0.910. The molecule has 15 heavy (non-hydrogen) atoms. The van der Waals surface area contributed by atoms with Gasteiger partial charge in [0.2, 0.25) is 0 Å². The maximum absolute atomic E-state index is 12.7. The second-order valence-electron chi connectivity index (χ2n) is 2.58. The highest BCUT2D eigenvalue weighted by atomic mass is 79.9. The summed E-state index contributed by atoms with van der Waals surface area (Å²) in [6, 6.07) is 3.66. The van der Waals surface area contributed by atoms with Gasteiger partial charge >= 0.3 is 6.18 Å². The molecule has 0 amide bonds. The molecule has 0 aliphatic rings. The number of methoxy groups -OCH3 is 2. The van der Waals surface area contributed by atoms with Crippen molar-refractivity contribution >= 4 is 15.9 Å². The van der Waals surface area contributed by atoms with Crippen molar-refractivity contribution in [1.29, 1.82) is 0 Å². The third-order valence-electron chi connectivity index (χ3n) is 1.71. The highest BCUT2D eigenvalue weighted by Gasteiger charge is 2.39. The van der Waals surface area contributed by atoms with E-state index in [-0.39, 0.29) is 16.0 Å². The Morgan fingerprint density at radius 3 is 2.27 bits per heavy atom. The van der Waals surface area contributed by atoms with Crippen LogP contribution in [0.3, 0.4) is 0 Å². The third kappa shape index (κ3) is 2.37. The van der Waals surface area contributed by atoms with Gasteiger partial charge in [0.1, 0.15) is 17.1 Å². The van der Waals surface area contributed by atoms with Crippen LogP contribution in [-0.2, 0) is 6.18 Å². The molecule has 0 aromatic heterocycles. The van der Waals surface area contributed by atoms with Crippen LogP contribution in [0, 0.1) is 6.07 Å². The fourth-order valence-electron chi connectivity index (χ4n) is 1.11. The molecule has 0 heterocycles. The van der Waals surface area contributed by atoms with Gasteiger partial charge in [-0.25, -0.2) is 0 Å². The van der Waals surface area contributed by atoms with E-state index in [1.165, 1.54) is 0 Å². The number of hydrogen-bond acceptors (Lipinski definition) is 2. The number of rotatable bonds is 2. The smallest absolute Gasteiger partial charge is 0.423 e. The predicted octanol–water partition coefficient (Wildman–Crippen LogP) is 3.29. The standard InChI is InChI=1S/C9H7BrF3O2/c1-14-6-4-3-5(10)8(15-2)7(6)9(11,12)13/h4H,1-2H3. The van der Waals surface area contributed by atoms with Gasteiger partial charge in [0.25, 0.3) is 0 Å². The highest BCUT2D eigenvalue weighted by Crippen LogP contribution is 2.45. The zero-order chi connectivity index (χ0) is 11.6. The topological polar surface area (TPSA) is 18.5 Å². The summed E-state index contributed by atoms with van der Waals surface area (Å²) in [6.07, 6.45) is -4.53. The summed E-state index contributed by atoms with van der Waals surface area (Å²) < 4.78 is 47.4. The first kappa shape index (κ1) is 12.2. The molecule has 0 aliphatic carbocycles. The van der Waals surface area contributed by atoms with Gasteiger partial charge in [0.15, 0.2) is 0 Å². The lowest BCUT2D eigenvalue weighted by atomic mass is 10.1. The minimum Gasteiger partial charge on any atom is -0.496 e. The molecule has 0 saturated carbocycles. The van der Waals surface area contributed by atoms with E-state index in [0.717, 1.165) is 20.3 Å². The first-order chi connectivity index (χ1) is 6.91. The van der Waals surface area contributed by atoms with E-state index in [1.54, 1.807) is 0 Å². The van der Waals surface area contributed by atoms with E-state index in [4.69, 9.17) is 0 Å². The number of benzene rings is 1. The molecule has 0 saturated heterocycles. The van der Waals surface area contributed by atoms with Crippen molar-refractivity contribution in [3.8, 4) is 11.5 Å². The molecular formula is C9H7BrF3O2. The van der Waals surface area contributed by atoms with E-state index in [9.17, 15) is 13.2 Å². The van der Waals surface area contributed by atoms with Gasteiger partial charge in [-0.15, -0.1) is 0 Å². The summed E-state index contributed by atoms with van der Waals surface area (Å²) >= 11 is 2.93. The fraction of sp³-hybridized carbons (Fsp3) is 0.333. The van der Waals surface area contributed by atoms with Crippen molar-refractivity contribution in [2.75, 3.05) is 14.2 Å². The van der Waals surface area contributed by atoms with Gasteiger partial charge in [-0.05, 0) is 22.0 Å². The van der Waals surface area contributed by atoms with Gasteiger partial charge in [0, 0.05) is 6.07 Å². The van der Waals surface area contributed by atoms with Crippen LogP contribution in [-0.4, -0.2) is 14.2 Å². The normalized spacial score (nSPS) is 11.3. The number of ether oxygens (including phenoxy) is 2. The summed E-state index contributed by atoms with van der Waals surface area (Å²) in [5, 5.41) is 0. The van der Waals surface area contributed by atoms with Crippen molar-refractivity contribution in [3.63, 3.8) is 0 Å². The van der Waals surface area contributed by atoms with Crippen LogP contribution in [0.2, 0.25) is 0 Å². The SMILES string of the molecule is COc1c[c]c(Br)c(OC)c1C(F)(F)F. The molecule has 1 radical (unpaired) electrons. The molecule has 1 aromatic rings. The molecule has 0 fully saturated rings. The lowest BCUT2D eigenvalue weighted by Gasteiger charge is -2.16. The zero-order valence-corrected chi connectivity index (χ0v) is 9.49. The van der Waals surface area contributed by atoms with Crippen LogP contribution >= 0.6 is 15.9 Å². The summed E-state index contributed by atoms with van der Waals surface area (Å²) in [5.74, 6) is -0.649. The molecule has 0 aliphatic heterocycles. The largest absolute Gasteiger partial charge is 0.496 e. The predicted molar refractivity (Wildman–Crippen MR) is 51.1 cm³/mol. The lowest BCUT2D eigenvalue weighted by molar-refractivity contribution is -0.140. The minimum absolute atomic E-state index is 0.109. The molecule has 1 rings (SSSR count). The van der Waals surface area contributed by atoms with Crippen molar-refractivity contribution in [3.05, 3.63) is 22.2 Å². The second kappa shape index (κ2) is 4.30. The van der Waals surface area contributed by atoms with Crippen molar-refractivity contribution in [2.45, 2.75) is 6.18 Å². The molecule has 2 nitrogen and oxygen atoms in total. The van der Waals surface area contributed by atoms with Crippen LogP contribution in [0.5, 0.6) is 11.5 Å². The average Bonchev–Trinajstić information content (AvgIpc) is 2.15. The number of alkyl halides is 3. The van der Waals surface area contributed by atoms with E-state index in [2.05, 4.69) is 31.5 Å². The van der Waals surface area contributed by atoms with E-state index < -0.39 is 11.7 Å². The minimum atomic E-state index is -4.53. The molecular weight excluding hydrogens is 277 g/mol. The van der Waals surface area contributed by atoms with Crippen LogP contribution in [0.1, 0.15) is 5.56 Å². The molecule has 83 valence electrons. The molecule has 0 atom stereocenters. The molecule has 0 N–H and O–H groups in total. The third-order valence-corrected chi connectivity index (χ3v) is 2.30. The van der Waals surface area contributed by atoms with Gasteiger partial charge in [-0.3, -0.25) is 0 Å². The maximum Gasteiger partial charge on any atom is 0.423 e. The van der Waals surface area contributed by atoms with Crippen molar-refractivity contribution in [1.82, 2.24) is 0 Å². The Labute approximate surface area is 93.1 Å². The second-order valence-corrected chi connectivity index (χ2v) is 3.37. The van der Waals surface area contributed by atoms with Crippen LogP contribution < -0.4 is 9.47 Å². The first-order valence-corrected chi connectivity index (χ1v) is 4.60. The quantitative estimate of drug-likeness (QED) is 0.829. The molecule has 0 unspecified atom stereocenters. The van der Waals surface area contributed by atoms with E-state index in [1.807, 2.05) is 0 Å². The van der Waals surface area contributed by atoms with E-state index in [0.29, 0.717) is 0 Å². The fourth-order valence-corrected chi connectivity index (χ4v) is 1.58. The number of hydrogen-bond donors (Lipinski definition) is 0. The molecule has 0 bridgehead atoms. The molecule has 6 heteroatoms. The Balaban J connectivity index is 3.48. The summed E-state index contributed by atoms with van der Waals surface area (Å²) in [7, 11) is 2.31.